The van der Waals surface area contributed by atoms with Crippen molar-refractivity contribution in [2.45, 2.75) is 26.2 Å². The highest BCUT2D eigenvalue weighted by atomic mass is 35.5. The molecular weight excluding hydrogens is 382 g/mol. The Kier molecular flexibility index (Phi) is 5.23. The first-order chi connectivity index (χ1) is 13.1. The lowest BCUT2D eigenvalue weighted by molar-refractivity contribution is -0.115. The second-order valence-corrected chi connectivity index (χ2v) is 7.96. The Morgan fingerprint density at radius 2 is 2.11 bits per heavy atom. The number of fused-ring (bicyclic) bond motifs is 1. The van der Waals surface area contributed by atoms with Gasteiger partial charge in [0.25, 0.3) is 0 Å². The Balaban J connectivity index is 1.40. The van der Waals surface area contributed by atoms with Crippen molar-refractivity contribution in [1.82, 2.24) is 0 Å². The van der Waals surface area contributed by atoms with E-state index in [1.807, 2.05) is 6.07 Å². The first-order valence-electron chi connectivity index (χ1n) is 8.97. The Labute approximate surface area is 167 Å². The largest absolute Gasteiger partial charge is 0.454 e. The van der Waals surface area contributed by atoms with Gasteiger partial charge >= 0.3 is 0 Å². The van der Waals surface area contributed by atoms with Gasteiger partial charge in [0, 0.05) is 16.5 Å². The molecule has 0 bridgehead atoms. The van der Waals surface area contributed by atoms with Gasteiger partial charge in [-0.15, -0.1) is 11.3 Å². The van der Waals surface area contributed by atoms with E-state index in [1.165, 1.54) is 16.9 Å². The zero-order valence-corrected chi connectivity index (χ0v) is 16.5. The fourth-order valence-corrected chi connectivity index (χ4v) is 4.23. The van der Waals surface area contributed by atoms with Crippen LogP contribution in [0.15, 0.2) is 41.8 Å². The fraction of sp³-hybridized carbons (Fsp3) is 0.286. The summed E-state index contributed by atoms with van der Waals surface area (Å²) in [7, 11) is 0. The number of anilines is 1. The normalized spacial score (nSPS) is 17.7. The average molecular weight is 402 g/mol. The minimum Gasteiger partial charge on any atom is -0.454 e. The van der Waals surface area contributed by atoms with Gasteiger partial charge in [0.15, 0.2) is 11.5 Å². The van der Waals surface area contributed by atoms with E-state index in [4.69, 9.17) is 21.1 Å². The molecule has 2 aromatic rings. The molecule has 140 valence electrons. The number of amides is 1. The highest BCUT2D eigenvalue weighted by Gasteiger charge is 2.18. The summed E-state index contributed by atoms with van der Waals surface area (Å²) in [6.07, 6.45) is 9.14. The summed E-state index contributed by atoms with van der Waals surface area (Å²) in [4.78, 5) is 12.4. The maximum Gasteiger partial charge on any atom is 0.231 e. The van der Waals surface area contributed by atoms with Gasteiger partial charge in [-0.25, -0.2) is 0 Å². The molecule has 1 amide bonds. The van der Waals surface area contributed by atoms with Crippen LogP contribution in [0.4, 0.5) is 5.00 Å². The fourth-order valence-electron chi connectivity index (χ4n) is 3.18. The van der Waals surface area contributed by atoms with Crippen molar-refractivity contribution >= 4 is 39.4 Å². The van der Waals surface area contributed by atoms with E-state index >= 15 is 0 Å². The summed E-state index contributed by atoms with van der Waals surface area (Å²) in [5, 5.41) is 6.37. The molecule has 4 nitrogen and oxygen atoms in total. The number of nitrogens with one attached hydrogen (secondary N) is 1. The Hall–Kier alpha value is -2.24. The highest BCUT2D eigenvalue weighted by Crippen LogP contribution is 2.37. The summed E-state index contributed by atoms with van der Waals surface area (Å²) in [6.45, 7) is 2.39. The smallest absolute Gasteiger partial charge is 0.231 e. The lowest BCUT2D eigenvalue weighted by Crippen LogP contribution is -2.13. The Bertz CT molecular complexity index is 932. The van der Waals surface area contributed by atoms with Crippen molar-refractivity contribution in [2.75, 3.05) is 12.1 Å². The molecule has 1 aromatic heterocycles. The minimum atomic E-state index is -0.108. The van der Waals surface area contributed by atoms with Crippen LogP contribution in [0.2, 0.25) is 5.02 Å². The van der Waals surface area contributed by atoms with Crippen molar-refractivity contribution < 1.29 is 14.3 Å². The lowest BCUT2D eigenvalue weighted by atomic mass is 9.92. The Morgan fingerprint density at radius 1 is 1.30 bits per heavy atom. The van der Waals surface area contributed by atoms with Crippen molar-refractivity contribution in [2.24, 2.45) is 5.92 Å². The molecular formula is C21H20ClNO3S. The molecule has 0 spiro atoms. The van der Waals surface area contributed by atoms with E-state index in [1.54, 1.807) is 12.1 Å². The van der Waals surface area contributed by atoms with E-state index in [0.29, 0.717) is 22.4 Å². The summed E-state index contributed by atoms with van der Waals surface area (Å²) in [5.74, 6) is 1.77. The molecule has 27 heavy (non-hydrogen) atoms. The van der Waals surface area contributed by atoms with Crippen LogP contribution in [-0.4, -0.2) is 12.7 Å². The van der Waals surface area contributed by atoms with Gasteiger partial charge in [-0.05, 0) is 47.6 Å². The van der Waals surface area contributed by atoms with Gasteiger partial charge in [-0.2, -0.15) is 0 Å². The molecule has 2 aliphatic rings. The van der Waals surface area contributed by atoms with E-state index < -0.39 is 0 Å². The number of ether oxygens (including phenoxy) is 2. The highest BCUT2D eigenvalue weighted by molar-refractivity contribution is 7.14. The monoisotopic (exact) mass is 401 g/mol. The van der Waals surface area contributed by atoms with Crippen LogP contribution >= 0.6 is 22.9 Å². The third-order valence-electron chi connectivity index (χ3n) is 4.80. The van der Waals surface area contributed by atoms with Crippen molar-refractivity contribution in [3.8, 4) is 11.5 Å². The standard InChI is InChI=1S/C21H20ClNO3S/c1-2-13-3-5-14(6-4-13)16-9-21(27-11-16)23-20(24)8-15-7-18-19(10-17(15)22)26-12-25-18/h3,5-7,9-11,13H,2,4,8,12H2,1H3,(H,23,24). The summed E-state index contributed by atoms with van der Waals surface area (Å²) < 4.78 is 10.6. The van der Waals surface area contributed by atoms with E-state index in [2.05, 4.69) is 35.8 Å². The molecule has 0 saturated carbocycles. The number of carbonyl (C=O) groups excluding carboxylic acids is 1. The molecule has 1 N–H and O–H groups in total. The molecule has 4 rings (SSSR count). The van der Waals surface area contributed by atoms with Crippen molar-refractivity contribution in [1.29, 1.82) is 0 Å². The topological polar surface area (TPSA) is 47.6 Å². The zero-order valence-electron chi connectivity index (χ0n) is 15.0. The maximum atomic E-state index is 12.4. The van der Waals surface area contributed by atoms with Gasteiger partial charge in [0.2, 0.25) is 12.7 Å². The first-order valence-corrected chi connectivity index (χ1v) is 10.2. The van der Waals surface area contributed by atoms with Gasteiger partial charge in [-0.3, -0.25) is 4.79 Å². The molecule has 2 heterocycles. The zero-order chi connectivity index (χ0) is 18.8. The number of rotatable bonds is 5. The Morgan fingerprint density at radius 3 is 2.85 bits per heavy atom. The third-order valence-corrected chi connectivity index (χ3v) is 6.00. The first kappa shape index (κ1) is 18.1. The number of halogens is 1. The summed E-state index contributed by atoms with van der Waals surface area (Å²) in [5.41, 5.74) is 3.08. The summed E-state index contributed by atoms with van der Waals surface area (Å²) in [6, 6.07) is 5.49. The molecule has 1 unspecified atom stereocenters. The minimum absolute atomic E-state index is 0.108. The van der Waals surface area contributed by atoms with E-state index in [-0.39, 0.29) is 19.1 Å². The molecule has 1 aromatic carbocycles. The number of carbonyl (C=O) groups is 1. The number of benzene rings is 1. The van der Waals surface area contributed by atoms with Crippen LogP contribution in [0.5, 0.6) is 11.5 Å². The second kappa shape index (κ2) is 7.79. The molecule has 1 aliphatic carbocycles. The predicted molar refractivity (Wildman–Crippen MR) is 110 cm³/mol. The van der Waals surface area contributed by atoms with E-state index in [0.717, 1.165) is 29.0 Å². The van der Waals surface area contributed by atoms with E-state index in [9.17, 15) is 4.79 Å². The third kappa shape index (κ3) is 4.04. The predicted octanol–water partition coefficient (Wildman–Crippen LogP) is 5.68. The maximum absolute atomic E-state index is 12.4. The summed E-state index contributed by atoms with van der Waals surface area (Å²) >= 11 is 7.78. The van der Waals surface area contributed by atoms with Crippen LogP contribution in [0.3, 0.4) is 0 Å². The van der Waals surface area contributed by atoms with Crippen LogP contribution in [-0.2, 0) is 11.2 Å². The number of thiophene rings is 1. The van der Waals surface area contributed by atoms with Crippen LogP contribution < -0.4 is 14.8 Å². The number of allylic oxidation sites excluding steroid dienone is 4. The molecule has 6 heteroatoms. The van der Waals surface area contributed by atoms with Gasteiger partial charge in [0.1, 0.15) is 0 Å². The number of hydrogen-bond acceptors (Lipinski definition) is 4. The van der Waals surface area contributed by atoms with Gasteiger partial charge < -0.3 is 14.8 Å². The lowest BCUT2D eigenvalue weighted by Gasteiger charge is -2.13. The molecule has 0 saturated heterocycles. The van der Waals surface area contributed by atoms with Crippen LogP contribution in [0.25, 0.3) is 5.57 Å². The van der Waals surface area contributed by atoms with Crippen LogP contribution in [0, 0.1) is 5.92 Å². The van der Waals surface area contributed by atoms with Gasteiger partial charge in [-0.1, -0.05) is 36.8 Å². The molecule has 1 atom stereocenters. The average Bonchev–Trinajstić information content (AvgIpc) is 3.31. The van der Waals surface area contributed by atoms with Crippen LogP contribution in [0.1, 0.15) is 30.9 Å². The second-order valence-electron chi connectivity index (χ2n) is 6.64. The van der Waals surface area contributed by atoms with Crippen molar-refractivity contribution in [3.05, 3.63) is 58.0 Å². The molecule has 1 aliphatic heterocycles. The van der Waals surface area contributed by atoms with Gasteiger partial charge in [0.05, 0.1) is 11.4 Å². The molecule has 0 radical (unpaired) electrons. The van der Waals surface area contributed by atoms with Crippen molar-refractivity contribution in [3.63, 3.8) is 0 Å². The quantitative estimate of drug-likeness (QED) is 0.700. The SMILES string of the molecule is CCC1C=CC(c2csc(NC(=O)Cc3cc4c(cc3Cl)OCO4)c2)=CC1. The number of hydrogen-bond donors (Lipinski definition) is 1. The molecule has 0 fully saturated rings.